The molecule has 3 aromatic rings. The topological polar surface area (TPSA) is 124 Å². The minimum Gasteiger partial charge on any atom is -0.497 e. The van der Waals surface area contributed by atoms with Gasteiger partial charge >= 0.3 is 5.97 Å². The number of nitrogens with zero attached hydrogens (tertiary/aromatic N) is 2. The molecule has 0 aliphatic heterocycles. The zero-order valence-electron chi connectivity index (χ0n) is 17.5. The van der Waals surface area contributed by atoms with Gasteiger partial charge in [-0.1, -0.05) is 11.2 Å². The van der Waals surface area contributed by atoms with Gasteiger partial charge < -0.3 is 24.1 Å². The second-order valence-electron chi connectivity index (χ2n) is 6.48. The van der Waals surface area contributed by atoms with E-state index in [0.29, 0.717) is 22.6 Å². The summed E-state index contributed by atoms with van der Waals surface area (Å²) in [5, 5.41) is 15.5. The molecule has 1 heterocycles. The number of nitrogens with one attached hydrogen (secondary N) is 1. The summed E-state index contributed by atoms with van der Waals surface area (Å²) in [4.78, 5) is 24.7. The number of aromatic nitrogens is 1. The van der Waals surface area contributed by atoms with E-state index in [1.807, 2.05) is 6.07 Å². The quantitative estimate of drug-likeness (QED) is 0.258. The summed E-state index contributed by atoms with van der Waals surface area (Å²) < 4.78 is 20.7. The molecule has 0 saturated heterocycles. The van der Waals surface area contributed by atoms with Crippen molar-refractivity contribution in [3.8, 4) is 23.3 Å². The van der Waals surface area contributed by atoms with Crippen molar-refractivity contribution in [3.63, 3.8) is 0 Å². The molecule has 0 atom stereocenters. The first-order valence-electron chi connectivity index (χ1n) is 9.34. The van der Waals surface area contributed by atoms with Crippen molar-refractivity contribution in [2.24, 2.45) is 0 Å². The molecule has 1 amide bonds. The molecular formula is C23H19N3O6. The van der Waals surface area contributed by atoms with E-state index >= 15 is 0 Å². The number of ether oxygens (including phenoxy) is 3. The van der Waals surface area contributed by atoms with Crippen LogP contribution in [0.25, 0.3) is 6.08 Å². The van der Waals surface area contributed by atoms with Gasteiger partial charge in [0.2, 0.25) is 0 Å². The first-order valence-corrected chi connectivity index (χ1v) is 9.34. The van der Waals surface area contributed by atoms with Crippen LogP contribution in [0.1, 0.15) is 21.7 Å². The van der Waals surface area contributed by atoms with Crippen LogP contribution in [0.5, 0.6) is 17.2 Å². The fourth-order valence-corrected chi connectivity index (χ4v) is 2.67. The third kappa shape index (κ3) is 5.31. The molecule has 1 aromatic heterocycles. The molecule has 0 bridgehead atoms. The average Bonchev–Trinajstić information content (AvgIpc) is 3.22. The van der Waals surface area contributed by atoms with Gasteiger partial charge in [0.1, 0.15) is 23.2 Å². The Bertz CT molecular complexity index is 1210. The summed E-state index contributed by atoms with van der Waals surface area (Å²) in [7, 11) is 2.95. The number of carbonyl (C=O) groups is 2. The average molecular weight is 433 g/mol. The molecule has 9 heteroatoms. The van der Waals surface area contributed by atoms with E-state index in [-0.39, 0.29) is 22.9 Å². The third-order valence-corrected chi connectivity index (χ3v) is 4.26. The molecule has 2 aromatic carbocycles. The second-order valence-corrected chi connectivity index (χ2v) is 6.48. The van der Waals surface area contributed by atoms with Crippen LogP contribution in [0.3, 0.4) is 0 Å². The van der Waals surface area contributed by atoms with Gasteiger partial charge in [-0.25, -0.2) is 4.79 Å². The number of nitriles is 1. The molecule has 0 spiro atoms. The van der Waals surface area contributed by atoms with Gasteiger partial charge in [-0.15, -0.1) is 0 Å². The van der Waals surface area contributed by atoms with Crippen LogP contribution in [0.2, 0.25) is 0 Å². The van der Waals surface area contributed by atoms with Gasteiger partial charge in [0.15, 0.2) is 17.3 Å². The maximum atomic E-state index is 12.4. The first-order chi connectivity index (χ1) is 15.4. The Balaban J connectivity index is 1.77. The fourth-order valence-electron chi connectivity index (χ4n) is 2.67. The molecule has 0 radical (unpaired) electrons. The van der Waals surface area contributed by atoms with Crippen LogP contribution >= 0.6 is 0 Å². The highest BCUT2D eigenvalue weighted by Gasteiger charge is 2.15. The molecule has 0 saturated carbocycles. The molecule has 9 nitrogen and oxygen atoms in total. The number of esters is 1. The van der Waals surface area contributed by atoms with Crippen LogP contribution in [-0.4, -0.2) is 31.3 Å². The predicted molar refractivity (Wildman–Crippen MR) is 114 cm³/mol. The van der Waals surface area contributed by atoms with Crippen molar-refractivity contribution in [2.75, 3.05) is 19.5 Å². The van der Waals surface area contributed by atoms with Crippen molar-refractivity contribution in [1.82, 2.24) is 5.16 Å². The number of hydrogen-bond acceptors (Lipinski definition) is 8. The SMILES string of the molecule is COc1ccc(C(=O)Oc2ccc(/C=C(/C#N)C(=O)Nc3cc(C)on3)cc2OC)cc1. The highest BCUT2D eigenvalue weighted by Crippen LogP contribution is 2.30. The Labute approximate surface area is 183 Å². The fraction of sp³-hybridized carbons (Fsp3) is 0.130. The second kappa shape index (κ2) is 9.95. The summed E-state index contributed by atoms with van der Waals surface area (Å²) >= 11 is 0. The number of carbonyl (C=O) groups excluding carboxylic acids is 2. The Kier molecular flexibility index (Phi) is 6.88. The highest BCUT2D eigenvalue weighted by atomic mass is 16.6. The molecule has 1 N–H and O–H groups in total. The van der Waals surface area contributed by atoms with E-state index in [4.69, 9.17) is 18.7 Å². The molecule has 162 valence electrons. The van der Waals surface area contributed by atoms with Crippen LogP contribution < -0.4 is 19.5 Å². The van der Waals surface area contributed by atoms with Gasteiger partial charge in [0.25, 0.3) is 5.91 Å². The summed E-state index contributed by atoms with van der Waals surface area (Å²) in [6, 6.07) is 14.5. The van der Waals surface area contributed by atoms with E-state index in [2.05, 4.69) is 10.5 Å². The summed E-state index contributed by atoms with van der Waals surface area (Å²) in [5.41, 5.74) is 0.674. The lowest BCUT2D eigenvalue weighted by atomic mass is 10.1. The van der Waals surface area contributed by atoms with Crippen molar-refractivity contribution >= 4 is 23.8 Å². The minimum absolute atomic E-state index is 0.157. The summed E-state index contributed by atoms with van der Waals surface area (Å²) in [6.07, 6.45) is 1.37. The largest absolute Gasteiger partial charge is 0.497 e. The van der Waals surface area contributed by atoms with Gasteiger partial charge in [-0.2, -0.15) is 5.26 Å². The number of anilines is 1. The lowest BCUT2D eigenvalue weighted by Crippen LogP contribution is -2.13. The minimum atomic E-state index is -0.644. The van der Waals surface area contributed by atoms with Gasteiger partial charge in [0, 0.05) is 6.07 Å². The zero-order chi connectivity index (χ0) is 23.1. The highest BCUT2D eigenvalue weighted by molar-refractivity contribution is 6.09. The predicted octanol–water partition coefficient (Wildman–Crippen LogP) is 3.77. The molecule has 3 rings (SSSR count). The van der Waals surface area contributed by atoms with E-state index in [0.717, 1.165) is 0 Å². The number of amides is 1. The zero-order valence-corrected chi connectivity index (χ0v) is 17.5. The number of aryl methyl sites for hydroxylation is 1. The number of methoxy groups -OCH3 is 2. The standard InChI is InChI=1S/C23H19N3O6/c1-14-10-21(26-32-14)25-22(27)17(13-24)11-15-4-9-19(20(12-15)30-3)31-23(28)16-5-7-18(29-2)8-6-16/h4-12H,1-3H3,(H,25,26,27)/b17-11-. The van der Waals surface area contributed by atoms with Gasteiger partial charge in [-0.3, -0.25) is 4.79 Å². The Morgan fingerprint density at radius 2 is 1.81 bits per heavy atom. The van der Waals surface area contributed by atoms with Gasteiger partial charge in [0.05, 0.1) is 19.8 Å². The van der Waals surface area contributed by atoms with E-state index in [1.54, 1.807) is 43.3 Å². The Morgan fingerprint density at radius 1 is 1.06 bits per heavy atom. The van der Waals surface area contributed by atoms with Crippen molar-refractivity contribution in [2.45, 2.75) is 6.92 Å². The normalized spacial score (nSPS) is 10.8. The molecular weight excluding hydrogens is 414 g/mol. The Morgan fingerprint density at radius 3 is 2.41 bits per heavy atom. The maximum Gasteiger partial charge on any atom is 0.343 e. The van der Waals surface area contributed by atoms with Crippen LogP contribution in [0, 0.1) is 18.3 Å². The number of hydrogen-bond donors (Lipinski definition) is 1. The molecule has 32 heavy (non-hydrogen) atoms. The monoisotopic (exact) mass is 433 g/mol. The first kappa shape index (κ1) is 22.1. The maximum absolute atomic E-state index is 12.4. The molecule has 0 fully saturated rings. The van der Waals surface area contributed by atoms with Gasteiger partial charge in [-0.05, 0) is 55.0 Å². The van der Waals surface area contributed by atoms with E-state index < -0.39 is 11.9 Å². The van der Waals surface area contributed by atoms with E-state index in [1.165, 1.54) is 32.4 Å². The van der Waals surface area contributed by atoms with Crippen LogP contribution in [-0.2, 0) is 4.79 Å². The molecule has 0 unspecified atom stereocenters. The van der Waals surface area contributed by atoms with Crippen molar-refractivity contribution in [1.29, 1.82) is 5.26 Å². The van der Waals surface area contributed by atoms with Crippen molar-refractivity contribution in [3.05, 3.63) is 71.0 Å². The lowest BCUT2D eigenvalue weighted by Gasteiger charge is -2.10. The summed E-state index contributed by atoms with van der Waals surface area (Å²) in [6.45, 7) is 1.68. The summed E-state index contributed by atoms with van der Waals surface area (Å²) in [5.74, 6) is 0.562. The van der Waals surface area contributed by atoms with Crippen molar-refractivity contribution < 1.29 is 28.3 Å². The smallest absolute Gasteiger partial charge is 0.343 e. The number of benzene rings is 2. The lowest BCUT2D eigenvalue weighted by molar-refractivity contribution is -0.112. The third-order valence-electron chi connectivity index (χ3n) is 4.26. The number of rotatable bonds is 7. The molecule has 0 aliphatic carbocycles. The van der Waals surface area contributed by atoms with E-state index in [9.17, 15) is 14.9 Å². The van der Waals surface area contributed by atoms with Crippen LogP contribution in [0.4, 0.5) is 5.82 Å². The molecule has 0 aliphatic rings. The Hall–Kier alpha value is -4.58. The van der Waals surface area contributed by atoms with Crippen LogP contribution in [0.15, 0.2) is 58.6 Å².